The van der Waals surface area contributed by atoms with Gasteiger partial charge in [-0.2, -0.15) is 5.10 Å². The van der Waals surface area contributed by atoms with Crippen LogP contribution in [0.3, 0.4) is 0 Å². The van der Waals surface area contributed by atoms with Crippen LogP contribution in [0.5, 0.6) is 0 Å². The van der Waals surface area contributed by atoms with Gasteiger partial charge in [0, 0.05) is 24.2 Å². The van der Waals surface area contributed by atoms with Gasteiger partial charge in [0.2, 0.25) is 0 Å². The summed E-state index contributed by atoms with van der Waals surface area (Å²) in [6.45, 7) is 6.60. The van der Waals surface area contributed by atoms with Crippen molar-refractivity contribution in [3.8, 4) is 0 Å². The third-order valence-corrected chi connectivity index (χ3v) is 2.52. The van der Waals surface area contributed by atoms with E-state index >= 15 is 0 Å². The predicted molar refractivity (Wildman–Crippen MR) is 65.9 cm³/mol. The Labute approximate surface area is 99.8 Å². The van der Waals surface area contributed by atoms with E-state index in [4.69, 9.17) is 0 Å². The lowest BCUT2D eigenvalue weighted by atomic mass is 10.2. The minimum absolute atomic E-state index is 0.0980. The van der Waals surface area contributed by atoms with Gasteiger partial charge in [0.25, 0.3) is 5.91 Å². The first-order chi connectivity index (χ1) is 8.13. The Kier molecular flexibility index (Phi) is 3.08. The van der Waals surface area contributed by atoms with Gasteiger partial charge in [0.15, 0.2) is 5.65 Å². The number of hydrogen-bond acceptors (Lipinski definition) is 3. The topological polar surface area (TPSA) is 59.8 Å². The van der Waals surface area contributed by atoms with E-state index in [9.17, 15) is 4.79 Å². The number of amides is 1. The number of nitrogens with zero attached hydrogens (tertiary/aromatic N) is 3. The standard InChI is InChI=1S/C12H16N4O/c1-4-13-12(17)10-5-9-7-15-16(8(2)3)11(9)14-6-10/h5-8H,4H2,1-3H3,(H,13,17). The lowest BCUT2D eigenvalue weighted by molar-refractivity contribution is 0.0955. The van der Waals surface area contributed by atoms with Crippen LogP contribution in [0.25, 0.3) is 11.0 Å². The van der Waals surface area contributed by atoms with Crippen molar-refractivity contribution in [3.63, 3.8) is 0 Å². The molecule has 0 aromatic carbocycles. The van der Waals surface area contributed by atoms with Crippen LogP contribution in [0.2, 0.25) is 0 Å². The van der Waals surface area contributed by atoms with Crippen molar-refractivity contribution >= 4 is 16.9 Å². The maximum absolute atomic E-state index is 11.7. The van der Waals surface area contributed by atoms with Crippen LogP contribution in [0.15, 0.2) is 18.5 Å². The van der Waals surface area contributed by atoms with E-state index < -0.39 is 0 Å². The van der Waals surface area contributed by atoms with Gasteiger partial charge < -0.3 is 5.32 Å². The molecule has 0 saturated carbocycles. The zero-order valence-corrected chi connectivity index (χ0v) is 10.3. The molecule has 0 radical (unpaired) electrons. The summed E-state index contributed by atoms with van der Waals surface area (Å²) in [6.07, 6.45) is 3.33. The molecular formula is C12H16N4O. The van der Waals surface area contributed by atoms with E-state index in [2.05, 4.69) is 15.4 Å². The molecule has 2 heterocycles. The van der Waals surface area contributed by atoms with Crippen molar-refractivity contribution in [2.75, 3.05) is 6.54 Å². The van der Waals surface area contributed by atoms with Crippen molar-refractivity contribution < 1.29 is 4.79 Å². The van der Waals surface area contributed by atoms with Gasteiger partial charge in [-0.05, 0) is 26.8 Å². The molecule has 0 aliphatic rings. The summed E-state index contributed by atoms with van der Waals surface area (Å²) in [5.74, 6) is -0.0980. The van der Waals surface area contributed by atoms with Gasteiger partial charge in [-0.3, -0.25) is 4.79 Å². The SMILES string of the molecule is CCNC(=O)c1cnc2c(cnn2C(C)C)c1. The Morgan fingerprint density at radius 3 is 2.88 bits per heavy atom. The first kappa shape index (κ1) is 11.6. The van der Waals surface area contributed by atoms with Crippen molar-refractivity contribution in [1.29, 1.82) is 0 Å². The van der Waals surface area contributed by atoms with Crippen LogP contribution in [-0.4, -0.2) is 27.2 Å². The lowest BCUT2D eigenvalue weighted by Gasteiger charge is -2.06. The fraction of sp³-hybridized carbons (Fsp3) is 0.417. The quantitative estimate of drug-likeness (QED) is 0.877. The molecule has 0 saturated heterocycles. The van der Waals surface area contributed by atoms with Gasteiger partial charge in [0.1, 0.15) is 0 Å². The third kappa shape index (κ3) is 2.13. The highest BCUT2D eigenvalue weighted by atomic mass is 16.1. The summed E-state index contributed by atoms with van der Waals surface area (Å²) < 4.78 is 1.84. The normalized spacial score (nSPS) is 11.1. The monoisotopic (exact) mass is 232 g/mol. The Balaban J connectivity index is 2.42. The molecule has 2 aromatic heterocycles. The summed E-state index contributed by atoms with van der Waals surface area (Å²) in [7, 11) is 0. The van der Waals surface area contributed by atoms with Crippen LogP contribution >= 0.6 is 0 Å². The summed E-state index contributed by atoms with van der Waals surface area (Å²) in [4.78, 5) is 16.0. The fourth-order valence-electron chi connectivity index (χ4n) is 1.70. The van der Waals surface area contributed by atoms with Gasteiger partial charge >= 0.3 is 0 Å². The van der Waals surface area contributed by atoms with Crippen LogP contribution in [-0.2, 0) is 0 Å². The van der Waals surface area contributed by atoms with Crippen LogP contribution in [0.1, 0.15) is 37.2 Å². The van der Waals surface area contributed by atoms with E-state index in [1.54, 1.807) is 12.4 Å². The molecule has 1 amide bonds. The zero-order valence-electron chi connectivity index (χ0n) is 10.3. The van der Waals surface area contributed by atoms with Crippen LogP contribution in [0, 0.1) is 0 Å². The van der Waals surface area contributed by atoms with E-state index in [0.29, 0.717) is 12.1 Å². The Bertz CT molecular complexity index is 544. The van der Waals surface area contributed by atoms with E-state index in [1.165, 1.54) is 0 Å². The van der Waals surface area contributed by atoms with Crippen LogP contribution < -0.4 is 5.32 Å². The van der Waals surface area contributed by atoms with Crippen molar-refractivity contribution in [3.05, 3.63) is 24.0 Å². The number of fused-ring (bicyclic) bond motifs is 1. The smallest absolute Gasteiger partial charge is 0.252 e. The molecule has 5 nitrogen and oxygen atoms in total. The summed E-state index contributed by atoms with van der Waals surface area (Å²) in [5, 5.41) is 7.90. The van der Waals surface area contributed by atoms with Gasteiger partial charge in [-0.15, -0.1) is 0 Å². The maximum Gasteiger partial charge on any atom is 0.252 e. The molecule has 0 unspecified atom stereocenters. The molecule has 0 spiro atoms. The molecule has 2 aromatic rings. The van der Waals surface area contributed by atoms with Crippen molar-refractivity contribution in [2.45, 2.75) is 26.8 Å². The number of pyridine rings is 1. The van der Waals surface area contributed by atoms with Gasteiger partial charge in [0.05, 0.1) is 11.8 Å². The highest BCUT2D eigenvalue weighted by Crippen LogP contribution is 2.16. The molecule has 2 rings (SSSR count). The molecule has 0 fully saturated rings. The van der Waals surface area contributed by atoms with E-state index in [0.717, 1.165) is 11.0 Å². The van der Waals surface area contributed by atoms with Crippen molar-refractivity contribution in [1.82, 2.24) is 20.1 Å². The number of carbonyl (C=O) groups excluding carboxylic acids is 1. The average molecular weight is 232 g/mol. The zero-order chi connectivity index (χ0) is 12.4. The van der Waals surface area contributed by atoms with Crippen molar-refractivity contribution in [2.24, 2.45) is 0 Å². The summed E-state index contributed by atoms with van der Waals surface area (Å²) >= 11 is 0. The Morgan fingerprint density at radius 1 is 1.47 bits per heavy atom. The number of rotatable bonds is 3. The van der Waals surface area contributed by atoms with Gasteiger partial charge in [-0.1, -0.05) is 0 Å². The molecule has 90 valence electrons. The molecule has 1 N–H and O–H groups in total. The molecular weight excluding hydrogens is 216 g/mol. The Hall–Kier alpha value is -1.91. The van der Waals surface area contributed by atoms with Gasteiger partial charge in [-0.25, -0.2) is 9.67 Å². The first-order valence-corrected chi connectivity index (χ1v) is 5.75. The molecule has 0 atom stereocenters. The Morgan fingerprint density at radius 2 is 2.24 bits per heavy atom. The minimum Gasteiger partial charge on any atom is -0.352 e. The molecule has 5 heteroatoms. The number of hydrogen-bond donors (Lipinski definition) is 1. The third-order valence-electron chi connectivity index (χ3n) is 2.52. The minimum atomic E-state index is -0.0980. The first-order valence-electron chi connectivity index (χ1n) is 5.75. The second-order valence-electron chi connectivity index (χ2n) is 4.18. The second-order valence-corrected chi connectivity index (χ2v) is 4.18. The number of aromatic nitrogens is 3. The summed E-state index contributed by atoms with van der Waals surface area (Å²) in [6, 6.07) is 2.08. The summed E-state index contributed by atoms with van der Waals surface area (Å²) in [5.41, 5.74) is 1.38. The molecule has 0 aliphatic heterocycles. The number of nitrogens with one attached hydrogen (secondary N) is 1. The molecule has 0 aliphatic carbocycles. The lowest BCUT2D eigenvalue weighted by Crippen LogP contribution is -2.22. The van der Waals surface area contributed by atoms with E-state index in [1.807, 2.05) is 31.5 Å². The fourth-order valence-corrected chi connectivity index (χ4v) is 1.70. The van der Waals surface area contributed by atoms with Crippen LogP contribution in [0.4, 0.5) is 0 Å². The molecule has 17 heavy (non-hydrogen) atoms. The second kappa shape index (κ2) is 4.53. The van der Waals surface area contributed by atoms with E-state index in [-0.39, 0.29) is 11.9 Å². The highest BCUT2D eigenvalue weighted by Gasteiger charge is 2.10. The number of carbonyl (C=O) groups is 1. The largest absolute Gasteiger partial charge is 0.352 e. The predicted octanol–water partition coefficient (Wildman–Crippen LogP) is 1.76. The maximum atomic E-state index is 11.7. The molecule has 0 bridgehead atoms. The average Bonchev–Trinajstić information content (AvgIpc) is 2.71. The highest BCUT2D eigenvalue weighted by molar-refractivity contribution is 5.96.